The van der Waals surface area contributed by atoms with Gasteiger partial charge in [0.1, 0.15) is 11.3 Å². The van der Waals surface area contributed by atoms with Gasteiger partial charge in [-0.05, 0) is 19.9 Å². The van der Waals surface area contributed by atoms with E-state index >= 15 is 0 Å². The molecule has 0 amide bonds. The Morgan fingerprint density at radius 1 is 1.52 bits per heavy atom. The van der Waals surface area contributed by atoms with E-state index in [1.165, 1.54) is 19.2 Å². The summed E-state index contributed by atoms with van der Waals surface area (Å²) in [7, 11) is 1.26. The number of hydrogen-bond donors (Lipinski definition) is 1. The number of carbonyl (C=O) groups is 1. The van der Waals surface area contributed by atoms with Crippen LogP contribution in [0, 0.1) is 10.1 Å². The Labute approximate surface area is 130 Å². The van der Waals surface area contributed by atoms with Crippen LogP contribution in [0.3, 0.4) is 0 Å². The largest absolute Gasteiger partial charge is 0.490 e. The van der Waals surface area contributed by atoms with Gasteiger partial charge in [0.2, 0.25) is 0 Å². The minimum absolute atomic E-state index is 0.0879. The highest BCUT2D eigenvalue weighted by Crippen LogP contribution is 2.27. The average molecular weight is 361 g/mol. The lowest BCUT2D eigenvalue weighted by Gasteiger charge is -2.25. The fourth-order valence-corrected chi connectivity index (χ4v) is 2.37. The zero-order valence-electron chi connectivity index (χ0n) is 12.0. The number of carbonyl (C=O) groups excluding carboxylic acids is 1. The molecule has 0 fully saturated rings. The highest BCUT2D eigenvalue weighted by atomic mass is 79.9. The van der Waals surface area contributed by atoms with Crippen LogP contribution < -0.4 is 10.5 Å². The fraction of sp³-hybridized carbons (Fsp3) is 0.462. The van der Waals surface area contributed by atoms with Gasteiger partial charge in [0.05, 0.1) is 24.2 Å². The second kappa shape index (κ2) is 6.86. The highest BCUT2D eigenvalue weighted by molar-refractivity contribution is 9.10. The molecule has 0 aromatic heterocycles. The molecule has 0 heterocycles. The van der Waals surface area contributed by atoms with Crippen LogP contribution in [0.5, 0.6) is 5.75 Å². The molecule has 0 aliphatic carbocycles. The second-order valence-electron chi connectivity index (χ2n) is 4.94. The Hall–Kier alpha value is -1.67. The maximum absolute atomic E-state index is 11.5. The number of nitrogens with two attached hydrogens (primary N) is 1. The number of methoxy groups -OCH3 is 1. The smallest absolute Gasteiger partial charge is 0.325 e. The molecule has 0 spiro atoms. The van der Waals surface area contributed by atoms with Crippen LogP contribution in [0.15, 0.2) is 22.7 Å². The van der Waals surface area contributed by atoms with Crippen LogP contribution in [-0.2, 0) is 9.53 Å². The predicted octanol–water partition coefficient (Wildman–Crippen LogP) is 2.41. The standard InChI is InChI=1S/C13H17BrN2O5/c1-8(7-13(2,15)12(17)20-3)21-11-5-9(14)4-10(6-11)16(18)19/h4-6,8H,7,15H2,1-3H3. The van der Waals surface area contributed by atoms with E-state index in [0.717, 1.165) is 0 Å². The van der Waals surface area contributed by atoms with Crippen molar-refractivity contribution in [3.8, 4) is 5.75 Å². The van der Waals surface area contributed by atoms with Gasteiger partial charge in [0, 0.05) is 17.0 Å². The number of non-ortho nitro benzene ring substituents is 1. The summed E-state index contributed by atoms with van der Waals surface area (Å²) in [6, 6.07) is 4.29. The number of halogens is 1. The highest BCUT2D eigenvalue weighted by Gasteiger charge is 2.32. The number of nitro benzene ring substituents is 1. The zero-order chi connectivity index (χ0) is 16.2. The summed E-state index contributed by atoms with van der Waals surface area (Å²) in [6.07, 6.45) is -0.215. The van der Waals surface area contributed by atoms with Crippen molar-refractivity contribution in [3.63, 3.8) is 0 Å². The van der Waals surface area contributed by atoms with Gasteiger partial charge in [-0.2, -0.15) is 0 Å². The van der Waals surface area contributed by atoms with Crippen molar-refractivity contribution in [2.45, 2.75) is 31.9 Å². The van der Waals surface area contributed by atoms with Crippen molar-refractivity contribution in [2.24, 2.45) is 5.73 Å². The van der Waals surface area contributed by atoms with E-state index in [0.29, 0.717) is 10.2 Å². The van der Waals surface area contributed by atoms with Gasteiger partial charge in [0.15, 0.2) is 0 Å². The molecule has 1 aromatic rings. The predicted molar refractivity (Wildman–Crippen MR) is 80.1 cm³/mol. The molecule has 7 nitrogen and oxygen atoms in total. The lowest BCUT2D eigenvalue weighted by Crippen LogP contribution is -2.48. The summed E-state index contributed by atoms with van der Waals surface area (Å²) in [6.45, 7) is 3.27. The number of rotatable bonds is 6. The van der Waals surface area contributed by atoms with Crippen molar-refractivity contribution in [3.05, 3.63) is 32.8 Å². The van der Waals surface area contributed by atoms with Crippen molar-refractivity contribution in [1.29, 1.82) is 0 Å². The van der Waals surface area contributed by atoms with Crippen molar-refractivity contribution in [2.75, 3.05) is 7.11 Å². The van der Waals surface area contributed by atoms with E-state index in [1.807, 2.05) is 0 Å². The monoisotopic (exact) mass is 360 g/mol. The molecule has 2 unspecified atom stereocenters. The Morgan fingerprint density at radius 2 is 2.14 bits per heavy atom. The molecule has 2 atom stereocenters. The first-order valence-electron chi connectivity index (χ1n) is 6.14. The lowest BCUT2D eigenvalue weighted by atomic mass is 9.96. The number of ether oxygens (including phenoxy) is 2. The number of benzene rings is 1. The number of nitrogens with zero attached hydrogens (tertiary/aromatic N) is 1. The van der Waals surface area contributed by atoms with Crippen LogP contribution in [-0.4, -0.2) is 29.6 Å². The SMILES string of the molecule is COC(=O)C(C)(N)CC(C)Oc1cc(Br)cc([N+](=O)[O-])c1. The van der Waals surface area contributed by atoms with E-state index in [9.17, 15) is 14.9 Å². The van der Waals surface area contributed by atoms with Crippen LogP contribution in [0.25, 0.3) is 0 Å². The number of hydrogen-bond acceptors (Lipinski definition) is 6. The van der Waals surface area contributed by atoms with Crippen molar-refractivity contribution >= 4 is 27.6 Å². The second-order valence-corrected chi connectivity index (χ2v) is 5.86. The first kappa shape index (κ1) is 17.4. The summed E-state index contributed by atoms with van der Waals surface area (Å²) < 4.78 is 10.7. The maximum Gasteiger partial charge on any atom is 0.325 e. The van der Waals surface area contributed by atoms with E-state index in [2.05, 4.69) is 20.7 Å². The van der Waals surface area contributed by atoms with Gasteiger partial charge in [0.25, 0.3) is 5.69 Å². The molecular formula is C13H17BrN2O5. The molecule has 0 aliphatic heterocycles. The Kier molecular flexibility index (Phi) is 5.68. The third-order valence-corrected chi connectivity index (χ3v) is 3.23. The van der Waals surface area contributed by atoms with Gasteiger partial charge in [-0.3, -0.25) is 14.9 Å². The molecule has 116 valence electrons. The molecule has 0 radical (unpaired) electrons. The first-order valence-corrected chi connectivity index (χ1v) is 6.94. The summed E-state index contributed by atoms with van der Waals surface area (Å²) in [5.41, 5.74) is 4.59. The topological polar surface area (TPSA) is 105 Å². The molecule has 0 aliphatic rings. The van der Waals surface area contributed by atoms with E-state index in [-0.39, 0.29) is 12.1 Å². The van der Waals surface area contributed by atoms with Crippen molar-refractivity contribution in [1.82, 2.24) is 0 Å². The minimum atomic E-state index is -1.19. The maximum atomic E-state index is 11.5. The Morgan fingerprint density at radius 3 is 2.67 bits per heavy atom. The summed E-state index contributed by atoms with van der Waals surface area (Å²) in [4.78, 5) is 21.8. The molecule has 8 heteroatoms. The summed E-state index contributed by atoms with van der Waals surface area (Å²) >= 11 is 3.18. The van der Waals surface area contributed by atoms with Crippen LogP contribution in [0.2, 0.25) is 0 Å². The minimum Gasteiger partial charge on any atom is -0.490 e. The first-order chi connectivity index (χ1) is 9.65. The van der Waals surface area contributed by atoms with Crippen LogP contribution >= 0.6 is 15.9 Å². The van der Waals surface area contributed by atoms with Crippen molar-refractivity contribution < 1.29 is 19.2 Å². The zero-order valence-corrected chi connectivity index (χ0v) is 13.5. The van der Waals surface area contributed by atoms with Gasteiger partial charge in [-0.1, -0.05) is 15.9 Å². The van der Waals surface area contributed by atoms with E-state index in [4.69, 9.17) is 10.5 Å². The molecule has 0 saturated carbocycles. The van der Waals surface area contributed by atoms with Crippen LogP contribution in [0.1, 0.15) is 20.3 Å². The van der Waals surface area contributed by atoms with Gasteiger partial charge in [-0.15, -0.1) is 0 Å². The van der Waals surface area contributed by atoms with E-state index in [1.54, 1.807) is 19.9 Å². The van der Waals surface area contributed by atoms with Gasteiger partial charge >= 0.3 is 5.97 Å². The van der Waals surface area contributed by atoms with E-state index < -0.39 is 22.5 Å². The Bertz CT molecular complexity index is 547. The average Bonchev–Trinajstić information content (AvgIpc) is 2.35. The molecule has 0 bridgehead atoms. The third kappa shape index (κ3) is 4.98. The fourth-order valence-electron chi connectivity index (χ4n) is 1.91. The lowest BCUT2D eigenvalue weighted by molar-refractivity contribution is -0.385. The molecular weight excluding hydrogens is 344 g/mol. The summed E-state index contributed by atoms with van der Waals surface area (Å²) in [5.74, 6) is -0.220. The molecule has 2 N–H and O–H groups in total. The van der Waals surface area contributed by atoms with Crippen LogP contribution in [0.4, 0.5) is 5.69 Å². The summed E-state index contributed by atoms with van der Waals surface area (Å²) in [5, 5.41) is 10.8. The number of esters is 1. The van der Waals surface area contributed by atoms with Gasteiger partial charge < -0.3 is 15.2 Å². The quantitative estimate of drug-likeness (QED) is 0.474. The Balaban J connectivity index is 2.82. The third-order valence-electron chi connectivity index (χ3n) is 2.77. The molecule has 1 rings (SSSR count). The molecule has 1 aromatic carbocycles. The normalized spacial score (nSPS) is 14.9. The molecule has 0 saturated heterocycles. The molecule has 21 heavy (non-hydrogen) atoms. The number of nitro groups is 1. The van der Waals surface area contributed by atoms with Gasteiger partial charge in [-0.25, -0.2) is 0 Å².